The number of nitriles is 1. The maximum atomic E-state index is 11.6. The first-order valence-electron chi connectivity index (χ1n) is 4.47. The molecular weight excluding hydrogens is 190 g/mol. The van der Waals surface area contributed by atoms with Crippen LogP contribution in [0.3, 0.4) is 0 Å². The Bertz CT molecular complexity index is 569. The van der Waals surface area contributed by atoms with Gasteiger partial charge in [0.25, 0.3) is 0 Å². The SMILES string of the molecule is Cn1ccn(-c2ccc(C#N)cc2)c1=O. The highest BCUT2D eigenvalue weighted by molar-refractivity contribution is 5.39. The average molecular weight is 199 g/mol. The van der Waals surface area contributed by atoms with Gasteiger partial charge in [-0.15, -0.1) is 0 Å². The Morgan fingerprint density at radius 2 is 1.87 bits per heavy atom. The maximum Gasteiger partial charge on any atom is 0.332 e. The van der Waals surface area contributed by atoms with E-state index >= 15 is 0 Å². The van der Waals surface area contributed by atoms with Gasteiger partial charge in [-0.05, 0) is 24.3 Å². The van der Waals surface area contributed by atoms with Crippen molar-refractivity contribution < 1.29 is 0 Å². The summed E-state index contributed by atoms with van der Waals surface area (Å²) >= 11 is 0. The number of aromatic nitrogens is 2. The first kappa shape index (κ1) is 9.28. The van der Waals surface area contributed by atoms with Crippen LogP contribution in [0.15, 0.2) is 41.5 Å². The number of aryl methyl sites for hydroxylation is 1. The summed E-state index contributed by atoms with van der Waals surface area (Å²) in [5.41, 5.74) is 1.25. The van der Waals surface area contributed by atoms with Crippen molar-refractivity contribution in [3.63, 3.8) is 0 Å². The molecule has 0 aliphatic heterocycles. The largest absolute Gasteiger partial charge is 0.332 e. The van der Waals surface area contributed by atoms with Crippen LogP contribution in [0.4, 0.5) is 0 Å². The van der Waals surface area contributed by atoms with Gasteiger partial charge in [0.2, 0.25) is 0 Å². The lowest BCUT2D eigenvalue weighted by atomic mass is 10.2. The van der Waals surface area contributed by atoms with E-state index in [0.29, 0.717) is 5.56 Å². The second-order valence-electron chi connectivity index (χ2n) is 3.22. The molecule has 0 fully saturated rings. The molecular formula is C11H9N3O. The molecule has 15 heavy (non-hydrogen) atoms. The van der Waals surface area contributed by atoms with Crippen LogP contribution < -0.4 is 5.69 Å². The first-order chi connectivity index (χ1) is 7.22. The van der Waals surface area contributed by atoms with E-state index < -0.39 is 0 Å². The molecule has 0 radical (unpaired) electrons. The van der Waals surface area contributed by atoms with Crippen LogP contribution >= 0.6 is 0 Å². The zero-order chi connectivity index (χ0) is 10.8. The highest BCUT2D eigenvalue weighted by Crippen LogP contribution is 2.06. The molecule has 1 aromatic heterocycles. The van der Waals surface area contributed by atoms with E-state index in [1.54, 1.807) is 43.7 Å². The van der Waals surface area contributed by atoms with E-state index in [-0.39, 0.29) is 5.69 Å². The lowest BCUT2D eigenvalue weighted by Gasteiger charge is -1.99. The summed E-state index contributed by atoms with van der Waals surface area (Å²) in [7, 11) is 1.70. The maximum absolute atomic E-state index is 11.6. The van der Waals surface area contributed by atoms with E-state index in [1.807, 2.05) is 6.07 Å². The summed E-state index contributed by atoms with van der Waals surface area (Å²) < 4.78 is 3.03. The summed E-state index contributed by atoms with van der Waals surface area (Å²) in [6.07, 6.45) is 3.39. The molecule has 0 N–H and O–H groups in total. The third-order valence-electron chi connectivity index (χ3n) is 2.22. The van der Waals surface area contributed by atoms with Crippen LogP contribution in [-0.4, -0.2) is 9.13 Å². The van der Waals surface area contributed by atoms with Crippen LogP contribution in [0.25, 0.3) is 5.69 Å². The Hall–Kier alpha value is -2.28. The highest BCUT2D eigenvalue weighted by atomic mass is 16.1. The molecule has 0 unspecified atom stereocenters. The van der Waals surface area contributed by atoms with Crippen LogP contribution in [-0.2, 0) is 7.05 Å². The third-order valence-corrected chi connectivity index (χ3v) is 2.22. The van der Waals surface area contributed by atoms with E-state index in [4.69, 9.17) is 5.26 Å². The number of hydrogen-bond donors (Lipinski definition) is 0. The van der Waals surface area contributed by atoms with E-state index in [9.17, 15) is 4.79 Å². The van der Waals surface area contributed by atoms with Gasteiger partial charge in [0, 0.05) is 19.4 Å². The summed E-state index contributed by atoms with van der Waals surface area (Å²) in [4.78, 5) is 11.6. The van der Waals surface area contributed by atoms with Crippen molar-refractivity contribution >= 4 is 0 Å². The highest BCUT2D eigenvalue weighted by Gasteiger charge is 2.01. The van der Waals surface area contributed by atoms with Crippen LogP contribution in [0.5, 0.6) is 0 Å². The Kier molecular flexibility index (Phi) is 2.14. The van der Waals surface area contributed by atoms with Gasteiger partial charge < -0.3 is 4.57 Å². The van der Waals surface area contributed by atoms with Crippen molar-refractivity contribution in [1.82, 2.24) is 9.13 Å². The monoisotopic (exact) mass is 199 g/mol. The minimum atomic E-state index is -0.0975. The predicted octanol–water partition coefficient (Wildman–Crippen LogP) is 1.05. The fourth-order valence-electron chi connectivity index (χ4n) is 1.36. The minimum Gasteiger partial charge on any atom is -0.302 e. The molecule has 0 amide bonds. The van der Waals surface area contributed by atoms with E-state index in [0.717, 1.165) is 5.69 Å². The van der Waals surface area contributed by atoms with E-state index in [1.165, 1.54) is 9.13 Å². The Labute approximate surface area is 86.6 Å². The molecule has 0 saturated carbocycles. The lowest BCUT2D eigenvalue weighted by Crippen LogP contribution is -2.20. The number of hydrogen-bond acceptors (Lipinski definition) is 2. The van der Waals surface area contributed by atoms with Gasteiger partial charge in [0.1, 0.15) is 0 Å². The van der Waals surface area contributed by atoms with Crippen molar-refractivity contribution in [2.45, 2.75) is 0 Å². The van der Waals surface area contributed by atoms with Crippen LogP contribution in [0, 0.1) is 11.3 Å². The molecule has 2 aromatic rings. The minimum absolute atomic E-state index is 0.0975. The number of benzene rings is 1. The van der Waals surface area contributed by atoms with Gasteiger partial charge in [-0.3, -0.25) is 4.57 Å². The topological polar surface area (TPSA) is 50.7 Å². The van der Waals surface area contributed by atoms with Gasteiger partial charge in [-0.1, -0.05) is 0 Å². The second-order valence-corrected chi connectivity index (χ2v) is 3.22. The Morgan fingerprint density at radius 1 is 1.20 bits per heavy atom. The fraction of sp³-hybridized carbons (Fsp3) is 0.0909. The average Bonchev–Trinajstić information content (AvgIpc) is 2.60. The molecule has 74 valence electrons. The van der Waals surface area contributed by atoms with Crippen LogP contribution in [0.1, 0.15) is 5.56 Å². The zero-order valence-electron chi connectivity index (χ0n) is 8.21. The van der Waals surface area contributed by atoms with E-state index in [2.05, 4.69) is 0 Å². The van der Waals surface area contributed by atoms with Gasteiger partial charge >= 0.3 is 5.69 Å². The number of rotatable bonds is 1. The molecule has 1 heterocycles. The summed E-state index contributed by atoms with van der Waals surface area (Å²) in [5, 5.41) is 8.64. The predicted molar refractivity (Wildman–Crippen MR) is 55.7 cm³/mol. The van der Waals surface area contributed by atoms with Gasteiger partial charge in [0.05, 0.1) is 17.3 Å². The standard InChI is InChI=1S/C11H9N3O/c1-13-6-7-14(11(13)15)10-4-2-9(8-12)3-5-10/h2-7H,1H3. The normalized spacial score (nSPS) is 9.87. The second kappa shape index (κ2) is 3.46. The summed E-state index contributed by atoms with van der Waals surface area (Å²) in [5.74, 6) is 0. The molecule has 0 saturated heterocycles. The van der Waals surface area contributed by atoms with Crippen molar-refractivity contribution in [3.8, 4) is 11.8 Å². The Balaban J connectivity index is 2.52. The quantitative estimate of drug-likeness (QED) is 0.689. The molecule has 1 aromatic carbocycles. The van der Waals surface area contributed by atoms with Gasteiger partial charge in [-0.2, -0.15) is 5.26 Å². The first-order valence-corrected chi connectivity index (χ1v) is 4.47. The molecule has 0 aliphatic rings. The van der Waals surface area contributed by atoms with Crippen molar-refractivity contribution in [2.75, 3.05) is 0 Å². The summed E-state index contributed by atoms with van der Waals surface area (Å²) in [6, 6.07) is 8.91. The smallest absolute Gasteiger partial charge is 0.302 e. The molecule has 0 bridgehead atoms. The molecule has 2 rings (SSSR count). The molecule has 4 heteroatoms. The summed E-state index contributed by atoms with van der Waals surface area (Å²) in [6.45, 7) is 0. The molecule has 0 atom stereocenters. The molecule has 0 spiro atoms. The lowest BCUT2D eigenvalue weighted by molar-refractivity contribution is 0.824. The number of imidazole rings is 1. The fourth-order valence-corrected chi connectivity index (χ4v) is 1.36. The van der Waals surface area contributed by atoms with Crippen LogP contribution in [0.2, 0.25) is 0 Å². The Morgan fingerprint density at radius 3 is 2.33 bits per heavy atom. The molecule has 0 aliphatic carbocycles. The van der Waals surface area contributed by atoms with Gasteiger partial charge in [0.15, 0.2) is 0 Å². The number of nitrogens with zero attached hydrogens (tertiary/aromatic N) is 3. The van der Waals surface area contributed by atoms with Crippen molar-refractivity contribution in [3.05, 3.63) is 52.7 Å². The third kappa shape index (κ3) is 1.55. The van der Waals surface area contributed by atoms with Gasteiger partial charge in [-0.25, -0.2) is 4.79 Å². The van der Waals surface area contributed by atoms with Crippen molar-refractivity contribution in [1.29, 1.82) is 5.26 Å². The zero-order valence-corrected chi connectivity index (χ0v) is 8.21. The molecule has 4 nitrogen and oxygen atoms in total. The van der Waals surface area contributed by atoms with Crippen molar-refractivity contribution in [2.24, 2.45) is 7.05 Å².